The van der Waals surface area contributed by atoms with Crippen molar-refractivity contribution in [2.45, 2.75) is 19.0 Å². The molecule has 0 aliphatic rings. The van der Waals surface area contributed by atoms with Crippen molar-refractivity contribution in [3.05, 3.63) is 100 Å². The zero-order valence-corrected chi connectivity index (χ0v) is 18.7. The second-order valence-electron chi connectivity index (χ2n) is 7.52. The molecule has 0 fully saturated rings. The van der Waals surface area contributed by atoms with Crippen LogP contribution in [0.5, 0.6) is 0 Å². The summed E-state index contributed by atoms with van der Waals surface area (Å²) >= 11 is 6.06. The molecule has 0 saturated heterocycles. The van der Waals surface area contributed by atoms with Crippen LogP contribution in [0.4, 0.5) is 18.9 Å². The van der Waals surface area contributed by atoms with Crippen LogP contribution in [0.2, 0.25) is 5.02 Å². The van der Waals surface area contributed by atoms with E-state index in [4.69, 9.17) is 16.1 Å². The highest BCUT2D eigenvalue weighted by atomic mass is 35.5. The molecule has 4 rings (SSSR count). The van der Waals surface area contributed by atoms with Gasteiger partial charge < -0.3 is 9.84 Å². The number of rotatable bonds is 7. The average Bonchev–Trinajstić information content (AvgIpc) is 3.33. The smallest absolute Gasteiger partial charge is 0.339 e. The van der Waals surface area contributed by atoms with Gasteiger partial charge in [-0.15, -0.1) is 0 Å². The Morgan fingerprint density at radius 2 is 1.74 bits per heavy atom. The molecule has 10 heteroatoms. The SMILES string of the molecule is O=C(CCc1nc(-c2cccc(C(F)(F)F)c2)no1)Nc1ccc(Cl)cc1C(=O)c1ccccc1. The zero-order chi connectivity index (χ0) is 25.0. The van der Waals surface area contributed by atoms with Gasteiger partial charge in [-0.3, -0.25) is 9.59 Å². The minimum atomic E-state index is -4.50. The molecule has 0 saturated carbocycles. The van der Waals surface area contributed by atoms with E-state index < -0.39 is 17.6 Å². The lowest BCUT2D eigenvalue weighted by Gasteiger charge is -2.11. The van der Waals surface area contributed by atoms with Crippen molar-refractivity contribution in [2.75, 3.05) is 5.32 Å². The van der Waals surface area contributed by atoms with Crippen LogP contribution in [0.3, 0.4) is 0 Å². The number of hydrogen-bond acceptors (Lipinski definition) is 5. The van der Waals surface area contributed by atoms with Gasteiger partial charge in [0.05, 0.1) is 11.3 Å². The number of nitrogens with zero attached hydrogens (tertiary/aromatic N) is 2. The summed E-state index contributed by atoms with van der Waals surface area (Å²) in [6.45, 7) is 0. The van der Waals surface area contributed by atoms with Gasteiger partial charge in [-0.1, -0.05) is 59.2 Å². The van der Waals surface area contributed by atoms with Crippen molar-refractivity contribution in [3.8, 4) is 11.4 Å². The summed E-state index contributed by atoms with van der Waals surface area (Å²) in [6, 6.07) is 17.7. The van der Waals surface area contributed by atoms with E-state index >= 15 is 0 Å². The van der Waals surface area contributed by atoms with Gasteiger partial charge in [0.15, 0.2) is 5.78 Å². The lowest BCUT2D eigenvalue weighted by Crippen LogP contribution is -2.15. The van der Waals surface area contributed by atoms with Gasteiger partial charge in [0.1, 0.15) is 0 Å². The molecule has 0 atom stereocenters. The van der Waals surface area contributed by atoms with E-state index in [1.807, 2.05) is 0 Å². The molecule has 6 nitrogen and oxygen atoms in total. The van der Waals surface area contributed by atoms with E-state index in [1.54, 1.807) is 36.4 Å². The Morgan fingerprint density at radius 3 is 2.49 bits per heavy atom. The van der Waals surface area contributed by atoms with Gasteiger partial charge in [-0.05, 0) is 30.3 Å². The van der Waals surface area contributed by atoms with Crippen molar-refractivity contribution in [1.29, 1.82) is 0 Å². The summed E-state index contributed by atoms with van der Waals surface area (Å²) in [7, 11) is 0. The molecule has 0 aliphatic heterocycles. The van der Waals surface area contributed by atoms with Gasteiger partial charge in [0.25, 0.3) is 0 Å². The summed E-state index contributed by atoms with van der Waals surface area (Å²) in [5.74, 6) is -0.650. The van der Waals surface area contributed by atoms with Gasteiger partial charge >= 0.3 is 6.18 Å². The zero-order valence-electron chi connectivity index (χ0n) is 18.0. The number of aryl methyl sites for hydroxylation is 1. The van der Waals surface area contributed by atoms with Crippen molar-refractivity contribution >= 4 is 29.0 Å². The minimum Gasteiger partial charge on any atom is -0.339 e. The molecular formula is C25H17ClF3N3O3. The van der Waals surface area contributed by atoms with E-state index in [1.165, 1.54) is 24.3 Å². The van der Waals surface area contributed by atoms with Crippen molar-refractivity contribution in [3.63, 3.8) is 0 Å². The molecule has 0 radical (unpaired) electrons. The molecule has 35 heavy (non-hydrogen) atoms. The molecule has 1 N–H and O–H groups in total. The number of benzene rings is 3. The fraction of sp³-hybridized carbons (Fsp3) is 0.120. The first-order chi connectivity index (χ1) is 16.7. The lowest BCUT2D eigenvalue weighted by atomic mass is 10.0. The second kappa shape index (κ2) is 10.1. The van der Waals surface area contributed by atoms with Crippen LogP contribution in [0.1, 0.15) is 33.8 Å². The first kappa shape index (κ1) is 24.2. The van der Waals surface area contributed by atoms with E-state index in [9.17, 15) is 22.8 Å². The minimum absolute atomic E-state index is 0.0139. The van der Waals surface area contributed by atoms with E-state index in [0.717, 1.165) is 12.1 Å². The highest BCUT2D eigenvalue weighted by Gasteiger charge is 2.30. The van der Waals surface area contributed by atoms with Crippen LogP contribution in [0, 0.1) is 0 Å². The number of ketones is 1. The molecule has 0 bridgehead atoms. The molecule has 1 amide bonds. The largest absolute Gasteiger partial charge is 0.416 e. The number of amides is 1. The lowest BCUT2D eigenvalue weighted by molar-refractivity contribution is -0.137. The third kappa shape index (κ3) is 5.93. The Kier molecular flexibility index (Phi) is 6.97. The highest BCUT2D eigenvalue weighted by molar-refractivity contribution is 6.31. The van der Waals surface area contributed by atoms with Crippen LogP contribution in [0.25, 0.3) is 11.4 Å². The molecule has 3 aromatic carbocycles. The Hall–Kier alpha value is -3.98. The quantitative estimate of drug-likeness (QED) is 0.305. The van der Waals surface area contributed by atoms with Gasteiger partial charge in [0.2, 0.25) is 17.6 Å². The fourth-order valence-electron chi connectivity index (χ4n) is 3.30. The van der Waals surface area contributed by atoms with E-state index in [-0.39, 0.29) is 41.5 Å². The average molecular weight is 500 g/mol. The first-order valence-corrected chi connectivity index (χ1v) is 10.8. The predicted octanol–water partition coefficient (Wildman–Crippen LogP) is 6.21. The number of carbonyl (C=O) groups is 2. The standard InChI is InChI=1S/C25H17ClF3N3O3/c26-18-9-10-20(19(14-18)23(34)15-5-2-1-3-6-15)30-21(33)11-12-22-31-24(32-35-22)16-7-4-8-17(13-16)25(27,28)29/h1-10,13-14H,11-12H2,(H,30,33). The van der Waals surface area contributed by atoms with Crippen molar-refractivity contribution in [1.82, 2.24) is 10.1 Å². The van der Waals surface area contributed by atoms with Crippen LogP contribution < -0.4 is 5.32 Å². The predicted molar refractivity (Wildman–Crippen MR) is 123 cm³/mol. The van der Waals surface area contributed by atoms with Gasteiger partial charge in [-0.2, -0.15) is 18.2 Å². The number of hydrogen-bond donors (Lipinski definition) is 1. The number of aromatic nitrogens is 2. The van der Waals surface area contributed by atoms with Gasteiger partial charge in [-0.25, -0.2) is 0 Å². The summed E-state index contributed by atoms with van der Waals surface area (Å²) in [5.41, 5.74) is 0.289. The maximum atomic E-state index is 12.9. The molecule has 1 aromatic heterocycles. The Labute approximate surface area is 202 Å². The number of anilines is 1. The van der Waals surface area contributed by atoms with E-state index in [2.05, 4.69) is 15.5 Å². The maximum Gasteiger partial charge on any atom is 0.416 e. The second-order valence-corrected chi connectivity index (χ2v) is 7.96. The number of carbonyl (C=O) groups excluding carboxylic acids is 2. The molecule has 0 aliphatic carbocycles. The van der Waals surface area contributed by atoms with Crippen LogP contribution in [-0.4, -0.2) is 21.8 Å². The highest BCUT2D eigenvalue weighted by Crippen LogP contribution is 2.31. The molecular weight excluding hydrogens is 483 g/mol. The molecule has 0 spiro atoms. The number of halogens is 4. The maximum absolute atomic E-state index is 12.9. The summed E-state index contributed by atoms with van der Waals surface area (Å²) in [5, 5.41) is 6.74. The molecule has 1 heterocycles. The Morgan fingerprint density at radius 1 is 0.971 bits per heavy atom. The third-order valence-electron chi connectivity index (χ3n) is 5.02. The summed E-state index contributed by atoms with van der Waals surface area (Å²) < 4.78 is 43.9. The van der Waals surface area contributed by atoms with Crippen molar-refractivity contribution in [2.24, 2.45) is 0 Å². The monoisotopic (exact) mass is 499 g/mol. The first-order valence-electron chi connectivity index (χ1n) is 10.4. The van der Waals surface area contributed by atoms with E-state index in [0.29, 0.717) is 16.3 Å². The Bertz CT molecular complexity index is 1370. The van der Waals surface area contributed by atoms with Gasteiger partial charge in [0, 0.05) is 34.6 Å². The fourth-order valence-corrected chi connectivity index (χ4v) is 3.47. The van der Waals surface area contributed by atoms with Crippen LogP contribution in [-0.2, 0) is 17.4 Å². The summed E-state index contributed by atoms with van der Waals surface area (Å²) in [4.78, 5) is 29.5. The van der Waals surface area contributed by atoms with Crippen molar-refractivity contribution < 1.29 is 27.3 Å². The molecule has 4 aromatic rings. The van der Waals surface area contributed by atoms with Crippen LogP contribution >= 0.6 is 11.6 Å². The Balaban J connectivity index is 1.43. The number of alkyl halides is 3. The van der Waals surface area contributed by atoms with Crippen LogP contribution in [0.15, 0.2) is 77.3 Å². The molecule has 0 unspecified atom stereocenters. The topological polar surface area (TPSA) is 85.1 Å². The molecule has 178 valence electrons. The summed E-state index contributed by atoms with van der Waals surface area (Å²) in [6.07, 6.45) is -4.51. The third-order valence-corrected chi connectivity index (χ3v) is 5.25. The number of nitrogens with one attached hydrogen (secondary N) is 1. The normalized spacial score (nSPS) is 11.3.